The van der Waals surface area contributed by atoms with Crippen molar-refractivity contribution >= 4 is 11.5 Å². The van der Waals surface area contributed by atoms with Crippen LogP contribution < -0.4 is 9.64 Å². The highest BCUT2D eigenvalue weighted by Crippen LogP contribution is 2.36. The molecule has 3 rings (SSSR count). The van der Waals surface area contributed by atoms with Gasteiger partial charge in [-0.1, -0.05) is 6.07 Å². The summed E-state index contributed by atoms with van der Waals surface area (Å²) >= 11 is 0. The Labute approximate surface area is 157 Å². The van der Waals surface area contributed by atoms with Crippen LogP contribution in [0, 0.1) is 24.0 Å². The van der Waals surface area contributed by atoms with Gasteiger partial charge in [0.05, 0.1) is 11.5 Å². The Kier molecular flexibility index (Phi) is 5.82. The summed E-state index contributed by atoms with van der Waals surface area (Å²) < 4.78 is 5.73. The van der Waals surface area contributed by atoms with Crippen molar-refractivity contribution in [2.24, 2.45) is 0 Å². The van der Waals surface area contributed by atoms with Gasteiger partial charge in [-0.05, 0) is 37.1 Å². The maximum Gasteiger partial charge on any atom is 0.373 e. The van der Waals surface area contributed by atoms with Crippen LogP contribution in [0.2, 0.25) is 0 Å². The maximum atomic E-state index is 11.7. The van der Waals surface area contributed by atoms with Crippen molar-refractivity contribution < 1.29 is 14.8 Å². The SMILES string of the molecule is Cc1ccc(Oc2ncnc(N3CCN(CCO)CC3)c2[N+](=O)[O-])cc1C. The number of piperazine rings is 1. The summed E-state index contributed by atoms with van der Waals surface area (Å²) in [5, 5.41) is 20.8. The number of aliphatic hydroxyl groups is 1. The first-order chi connectivity index (χ1) is 13.0. The number of nitrogens with zero attached hydrogens (tertiary/aromatic N) is 5. The minimum atomic E-state index is -0.494. The third kappa shape index (κ3) is 4.32. The minimum absolute atomic E-state index is 0.0639. The molecule has 0 bridgehead atoms. The van der Waals surface area contributed by atoms with Crippen LogP contribution >= 0.6 is 0 Å². The molecule has 1 aliphatic heterocycles. The predicted molar refractivity (Wildman–Crippen MR) is 100 cm³/mol. The Morgan fingerprint density at radius 2 is 1.93 bits per heavy atom. The van der Waals surface area contributed by atoms with Crippen LogP contribution in [-0.2, 0) is 0 Å². The summed E-state index contributed by atoms with van der Waals surface area (Å²) in [6.45, 7) is 7.21. The first-order valence-electron chi connectivity index (χ1n) is 8.82. The van der Waals surface area contributed by atoms with E-state index in [1.54, 1.807) is 6.07 Å². The molecule has 0 spiro atoms. The minimum Gasteiger partial charge on any atom is -0.434 e. The molecule has 9 heteroatoms. The number of benzene rings is 1. The van der Waals surface area contributed by atoms with Crippen molar-refractivity contribution in [1.82, 2.24) is 14.9 Å². The molecule has 2 aromatic rings. The molecule has 1 aromatic carbocycles. The molecular formula is C18H23N5O4. The quantitative estimate of drug-likeness (QED) is 0.605. The fourth-order valence-electron chi connectivity index (χ4n) is 3.03. The Morgan fingerprint density at radius 1 is 1.19 bits per heavy atom. The van der Waals surface area contributed by atoms with Gasteiger partial charge in [0.1, 0.15) is 12.1 Å². The highest BCUT2D eigenvalue weighted by atomic mass is 16.6. The normalized spacial score (nSPS) is 15.0. The van der Waals surface area contributed by atoms with E-state index in [0.29, 0.717) is 38.5 Å². The van der Waals surface area contributed by atoms with E-state index in [1.807, 2.05) is 30.9 Å². The molecule has 2 heterocycles. The first-order valence-corrected chi connectivity index (χ1v) is 8.82. The van der Waals surface area contributed by atoms with Gasteiger partial charge in [-0.15, -0.1) is 0 Å². The molecule has 1 fully saturated rings. The zero-order valence-corrected chi connectivity index (χ0v) is 15.5. The molecule has 0 unspecified atom stereocenters. The highest BCUT2D eigenvalue weighted by molar-refractivity contribution is 5.63. The van der Waals surface area contributed by atoms with Crippen LogP contribution in [0.15, 0.2) is 24.5 Å². The zero-order valence-electron chi connectivity index (χ0n) is 15.5. The molecule has 1 N–H and O–H groups in total. The Hall–Kier alpha value is -2.78. The number of β-amino-alcohol motifs (C(OH)–C–C–N with tert-alkyl or cyclic N) is 1. The number of aryl methyl sites for hydroxylation is 2. The van der Waals surface area contributed by atoms with Crippen molar-refractivity contribution in [3.8, 4) is 11.6 Å². The van der Waals surface area contributed by atoms with E-state index in [0.717, 1.165) is 11.1 Å². The number of aromatic nitrogens is 2. The van der Waals surface area contributed by atoms with Gasteiger partial charge in [0.25, 0.3) is 0 Å². The van der Waals surface area contributed by atoms with Crippen molar-refractivity contribution in [1.29, 1.82) is 0 Å². The summed E-state index contributed by atoms with van der Waals surface area (Å²) in [4.78, 5) is 23.4. The van der Waals surface area contributed by atoms with Gasteiger partial charge in [-0.25, -0.2) is 4.98 Å². The van der Waals surface area contributed by atoms with E-state index in [1.165, 1.54) is 6.33 Å². The number of rotatable bonds is 6. The molecule has 1 aromatic heterocycles. The van der Waals surface area contributed by atoms with E-state index >= 15 is 0 Å². The second kappa shape index (κ2) is 8.28. The molecule has 1 saturated heterocycles. The second-order valence-electron chi connectivity index (χ2n) is 6.51. The number of anilines is 1. The predicted octanol–water partition coefficient (Wildman–Crippen LogP) is 1.91. The van der Waals surface area contributed by atoms with Crippen molar-refractivity contribution in [2.75, 3.05) is 44.2 Å². The standard InChI is InChI=1S/C18H23N5O4/c1-13-3-4-15(11-14(13)2)27-18-16(23(25)26)17(19-12-20-18)22-7-5-21(6-8-22)9-10-24/h3-4,11-12,24H,5-10H2,1-2H3. The molecule has 0 amide bonds. The third-order valence-corrected chi connectivity index (χ3v) is 4.73. The van der Waals surface area contributed by atoms with E-state index < -0.39 is 4.92 Å². The fourth-order valence-corrected chi connectivity index (χ4v) is 3.03. The molecule has 1 aliphatic rings. The van der Waals surface area contributed by atoms with E-state index in [-0.39, 0.29) is 24.0 Å². The number of aliphatic hydroxyl groups excluding tert-OH is 1. The van der Waals surface area contributed by atoms with Crippen LogP contribution in [-0.4, -0.2) is 64.2 Å². The van der Waals surface area contributed by atoms with Gasteiger partial charge in [-0.2, -0.15) is 4.98 Å². The molecule has 144 valence electrons. The van der Waals surface area contributed by atoms with Gasteiger partial charge < -0.3 is 14.7 Å². The van der Waals surface area contributed by atoms with Gasteiger partial charge >= 0.3 is 11.6 Å². The fraction of sp³-hybridized carbons (Fsp3) is 0.444. The summed E-state index contributed by atoms with van der Waals surface area (Å²) in [6.07, 6.45) is 1.29. The van der Waals surface area contributed by atoms with Crippen LogP contribution in [0.25, 0.3) is 0 Å². The highest BCUT2D eigenvalue weighted by Gasteiger charge is 2.30. The van der Waals surface area contributed by atoms with Crippen molar-refractivity contribution in [2.45, 2.75) is 13.8 Å². The molecule has 9 nitrogen and oxygen atoms in total. The van der Waals surface area contributed by atoms with Gasteiger partial charge in [0, 0.05) is 32.7 Å². The summed E-state index contributed by atoms with van der Waals surface area (Å²) in [6, 6.07) is 5.50. The number of hydrogen-bond acceptors (Lipinski definition) is 8. The average Bonchev–Trinajstić information content (AvgIpc) is 2.65. The van der Waals surface area contributed by atoms with E-state index in [2.05, 4.69) is 14.9 Å². The van der Waals surface area contributed by atoms with Crippen LogP contribution in [0.4, 0.5) is 11.5 Å². The maximum absolute atomic E-state index is 11.7. The lowest BCUT2D eigenvalue weighted by atomic mass is 10.1. The lowest BCUT2D eigenvalue weighted by molar-refractivity contribution is -0.385. The zero-order chi connectivity index (χ0) is 19.4. The van der Waals surface area contributed by atoms with Crippen molar-refractivity contribution in [3.63, 3.8) is 0 Å². The number of ether oxygens (including phenoxy) is 1. The third-order valence-electron chi connectivity index (χ3n) is 4.73. The summed E-state index contributed by atoms with van der Waals surface area (Å²) in [5.41, 5.74) is 1.91. The summed E-state index contributed by atoms with van der Waals surface area (Å²) in [7, 11) is 0. The van der Waals surface area contributed by atoms with Crippen LogP contribution in [0.1, 0.15) is 11.1 Å². The monoisotopic (exact) mass is 373 g/mol. The number of hydrogen-bond donors (Lipinski definition) is 1. The second-order valence-corrected chi connectivity index (χ2v) is 6.51. The van der Waals surface area contributed by atoms with Gasteiger partial charge in [-0.3, -0.25) is 15.0 Å². The lowest BCUT2D eigenvalue weighted by Gasteiger charge is -2.34. The van der Waals surface area contributed by atoms with Crippen LogP contribution in [0.5, 0.6) is 11.6 Å². The molecule has 0 aliphatic carbocycles. The van der Waals surface area contributed by atoms with E-state index in [9.17, 15) is 10.1 Å². The Balaban J connectivity index is 1.87. The molecule has 0 saturated carbocycles. The molecule has 27 heavy (non-hydrogen) atoms. The van der Waals surface area contributed by atoms with E-state index in [4.69, 9.17) is 9.84 Å². The lowest BCUT2D eigenvalue weighted by Crippen LogP contribution is -2.47. The molecule has 0 radical (unpaired) electrons. The van der Waals surface area contributed by atoms with Crippen LogP contribution in [0.3, 0.4) is 0 Å². The van der Waals surface area contributed by atoms with Gasteiger partial charge in [0.2, 0.25) is 5.82 Å². The topological polar surface area (TPSA) is 105 Å². The average molecular weight is 373 g/mol. The Bertz CT molecular complexity index is 821. The molecule has 0 atom stereocenters. The van der Waals surface area contributed by atoms with Crippen molar-refractivity contribution in [3.05, 3.63) is 45.8 Å². The first kappa shape index (κ1) is 19.0. The largest absolute Gasteiger partial charge is 0.434 e. The smallest absolute Gasteiger partial charge is 0.373 e. The molecular weight excluding hydrogens is 350 g/mol. The summed E-state index contributed by atoms with van der Waals surface area (Å²) in [5.74, 6) is 0.696. The Morgan fingerprint density at radius 3 is 2.56 bits per heavy atom. The van der Waals surface area contributed by atoms with Gasteiger partial charge in [0.15, 0.2) is 0 Å². The number of nitro groups is 1.